The number of rotatable bonds is 9. The average molecular weight is 469 g/mol. The molecule has 6 nitrogen and oxygen atoms in total. The van der Waals surface area contributed by atoms with Crippen molar-refractivity contribution in [3.63, 3.8) is 0 Å². The number of ether oxygens (including phenoxy) is 1. The number of thiazole rings is 1. The van der Waals surface area contributed by atoms with Gasteiger partial charge in [-0.1, -0.05) is 48.0 Å². The molecule has 1 N–H and O–H groups in total. The molecule has 0 fully saturated rings. The van der Waals surface area contributed by atoms with Crippen molar-refractivity contribution in [3.05, 3.63) is 95.1 Å². The van der Waals surface area contributed by atoms with Crippen LogP contribution in [0.15, 0.2) is 83.9 Å². The fourth-order valence-electron chi connectivity index (χ4n) is 3.35. The van der Waals surface area contributed by atoms with Gasteiger partial charge in [0.1, 0.15) is 17.4 Å². The lowest BCUT2D eigenvalue weighted by Crippen LogP contribution is -2.13. The third-order valence-corrected chi connectivity index (χ3v) is 5.91. The van der Waals surface area contributed by atoms with Gasteiger partial charge in [0, 0.05) is 29.4 Å². The summed E-state index contributed by atoms with van der Waals surface area (Å²) in [6, 6.07) is 23.5. The summed E-state index contributed by atoms with van der Waals surface area (Å²) in [6.45, 7) is 3.32. The molecule has 4 rings (SSSR count). The van der Waals surface area contributed by atoms with E-state index in [4.69, 9.17) is 4.74 Å². The number of nitrogens with one attached hydrogen (secondary N) is 1. The Hall–Kier alpha value is -4.15. The second-order valence-electron chi connectivity index (χ2n) is 7.67. The highest BCUT2D eigenvalue weighted by atomic mass is 32.1. The van der Waals surface area contributed by atoms with Crippen LogP contribution in [0.4, 0.5) is 5.13 Å². The summed E-state index contributed by atoms with van der Waals surface area (Å²) in [5.41, 5.74) is 3.75. The predicted molar refractivity (Wildman–Crippen MR) is 135 cm³/mol. The van der Waals surface area contributed by atoms with Crippen molar-refractivity contribution in [1.82, 2.24) is 9.55 Å². The Kier molecular flexibility index (Phi) is 7.53. The summed E-state index contributed by atoms with van der Waals surface area (Å²) in [6.07, 6.45) is 4.32. The van der Waals surface area contributed by atoms with E-state index in [-0.39, 0.29) is 5.57 Å². The Morgan fingerprint density at radius 3 is 2.71 bits per heavy atom. The molecule has 0 aliphatic rings. The molecule has 2 aromatic carbocycles. The molecule has 170 valence electrons. The van der Waals surface area contributed by atoms with Crippen molar-refractivity contribution >= 4 is 28.5 Å². The maximum atomic E-state index is 12.7. The maximum absolute atomic E-state index is 12.7. The minimum absolute atomic E-state index is 0.0207. The highest BCUT2D eigenvalue weighted by Crippen LogP contribution is 2.25. The van der Waals surface area contributed by atoms with Crippen molar-refractivity contribution in [2.24, 2.45) is 0 Å². The second-order valence-corrected chi connectivity index (χ2v) is 8.53. The van der Waals surface area contributed by atoms with Gasteiger partial charge in [0.15, 0.2) is 5.13 Å². The topological polar surface area (TPSA) is 79.9 Å². The first-order valence-corrected chi connectivity index (χ1v) is 11.8. The molecule has 0 aliphatic carbocycles. The van der Waals surface area contributed by atoms with Crippen molar-refractivity contribution in [2.75, 3.05) is 11.9 Å². The Balaban J connectivity index is 1.35. The molecule has 2 aromatic heterocycles. The molecule has 0 saturated heterocycles. The molecular formula is C27H24N4O2S. The van der Waals surface area contributed by atoms with E-state index in [1.54, 1.807) is 6.08 Å². The van der Waals surface area contributed by atoms with E-state index < -0.39 is 5.91 Å². The van der Waals surface area contributed by atoms with Crippen LogP contribution >= 0.6 is 11.3 Å². The number of aryl methyl sites for hydroxylation is 2. The highest BCUT2D eigenvalue weighted by molar-refractivity contribution is 7.14. The van der Waals surface area contributed by atoms with E-state index in [0.717, 1.165) is 29.1 Å². The van der Waals surface area contributed by atoms with Gasteiger partial charge in [0.2, 0.25) is 0 Å². The molecule has 1 amide bonds. The SMILES string of the molecule is Cc1ccc(OCCCn2cccc2/C=C(/C#N)C(=O)Nc2nc(-c3ccccc3)cs2)cc1. The molecule has 0 unspecified atom stereocenters. The van der Waals surface area contributed by atoms with Gasteiger partial charge in [-0.15, -0.1) is 11.3 Å². The number of carbonyl (C=O) groups is 1. The summed E-state index contributed by atoms with van der Waals surface area (Å²) in [5, 5.41) is 14.7. The van der Waals surface area contributed by atoms with Crippen LogP contribution in [-0.4, -0.2) is 22.1 Å². The molecule has 2 heterocycles. The van der Waals surface area contributed by atoms with Gasteiger partial charge in [0.25, 0.3) is 5.91 Å². The normalized spacial score (nSPS) is 11.1. The molecule has 0 atom stereocenters. The number of aromatic nitrogens is 2. The molecular weight excluding hydrogens is 444 g/mol. The lowest BCUT2D eigenvalue weighted by Gasteiger charge is -2.09. The highest BCUT2D eigenvalue weighted by Gasteiger charge is 2.13. The van der Waals surface area contributed by atoms with E-state index in [1.165, 1.54) is 16.9 Å². The maximum Gasteiger partial charge on any atom is 0.268 e. The molecule has 0 saturated carbocycles. The van der Waals surface area contributed by atoms with Crippen molar-refractivity contribution in [2.45, 2.75) is 19.9 Å². The zero-order chi connectivity index (χ0) is 23.8. The van der Waals surface area contributed by atoms with Gasteiger partial charge in [0.05, 0.1) is 12.3 Å². The Morgan fingerprint density at radius 2 is 1.94 bits per heavy atom. The smallest absolute Gasteiger partial charge is 0.268 e. The van der Waals surface area contributed by atoms with Gasteiger partial charge in [-0.3, -0.25) is 10.1 Å². The number of amides is 1. The van der Waals surface area contributed by atoms with Crippen LogP contribution in [-0.2, 0) is 11.3 Å². The summed E-state index contributed by atoms with van der Waals surface area (Å²) in [5.74, 6) is 0.367. The third kappa shape index (κ3) is 6.00. The quantitative estimate of drug-likeness (QED) is 0.187. The van der Waals surface area contributed by atoms with E-state index in [0.29, 0.717) is 18.3 Å². The molecule has 0 bridgehead atoms. The largest absolute Gasteiger partial charge is 0.494 e. The van der Waals surface area contributed by atoms with Gasteiger partial charge < -0.3 is 9.30 Å². The monoisotopic (exact) mass is 468 g/mol. The number of benzene rings is 2. The van der Waals surface area contributed by atoms with E-state index in [2.05, 4.69) is 10.3 Å². The first kappa shape index (κ1) is 23.0. The Bertz CT molecular complexity index is 1310. The number of nitrogens with zero attached hydrogens (tertiary/aromatic N) is 3. The minimum atomic E-state index is -0.480. The minimum Gasteiger partial charge on any atom is -0.494 e. The summed E-state index contributed by atoms with van der Waals surface area (Å²) < 4.78 is 7.79. The molecule has 0 aliphatic heterocycles. The van der Waals surface area contributed by atoms with E-state index in [9.17, 15) is 10.1 Å². The van der Waals surface area contributed by atoms with Crippen LogP contribution < -0.4 is 10.1 Å². The standard InChI is InChI=1S/C27H24N4O2S/c1-20-10-12-24(13-11-20)33-16-6-15-31-14-5-9-23(31)17-22(18-28)26(32)30-27-29-25(19-34-27)21-7-3-2-4-8-21/h2-5,7-14,17,19H,6,15-16H2,1H3,(H,29,30,32)/b22-17-. The third-order valence-electron chi connectivity index (χ3n) is 5.15. The molecule has 34 heavy (non-hydrogen) atoms. The second kappa shape index (κ2) is 11.1. The molecule has 4 aromatic rings. The van der Waals surface area contributed by atoms with Crippen LogP contribution in [0.5, 0.6) is 5.75 Å². The lowest BCUT2D eigenvalue weighted by molar-refractivity contribution is -0.112. The average Bonchev–Trinajstić information content (AvgIpc) is 3.51. The number of hydrogen-bond donors (Lipinski definition) is 1. The Morgan fingerprint density at radius 1 is 1.15 bits per heavy atom. The first-order valence-electron chi connectivity index (χ1n) is 10.9. The summed E-state index contributed by atoms with van der Waals surface area (Å²) in [7, 11) is 0. The van der Waals surface area contributed by atoms with E-state index in [1.807, 2.05) is 95.9 Å². The fraction of sp³-hybridized carbons (Fsp3) is 0.148. The van der Waals surface area contributed by atoms with Crippen LogP contribution in [0.25, 0.3) is 17.3 Å². The number of hydrogen-bond acceptors (Lipinski definition) is 5. The van der Waals surface area contributed by atoms with Gasteiger partial charge in [-0.05, 0) is 43.7 Å². The zero-order valence-electron chi connectivity index (χ0n) is 18.8. The van der Waals surface area contributed by atoms with Crippen molar-refractivity contribution in [3.8, 4) is 23.1 Å². The molecule has 7 heteroatoms. The van der Waals surface area contributed by atoms with Crippen LogP contribution in [0, 0.1) is 18.3 Å². The first-order chi connectivity index (χ1) is 16.6. The molecule has 0 radical (unpaired) electrons. The van der Waals surface area contributed by atoms with E-state index >= 15 is 0 Å². The lowest BCUT2D eigenvalue weighted by atomic mass is 10.2. The fourth-order valence-corrected chi connectivity index (χ4v) is 4.07. The number of carbonyl (C=O) groups excluding carboxylic acids is 1. The van der Waals surface area contributed by atoms with Gasteiger partial charge >= 0.3 is 0 Å². The van der Waals surface area contributed by atoms with Gasteiger partial charge in [-0.2, -0.15) is 5.26 Å². The summed E-state index contributed by atoms with van der Waals surface area (Å²) in [4.78, 5) is 17.2. The van der Waals surface area contributed by atoms with Gasteiger partial charge in [-0.25, -0.2) is 4.98 Å². The van der Waals surface area contributed by atoms with Crippen LogP contribution in [0.1, 0.15) is 17.7 Å². The number of nitriles is 1. The summed E-state index contributed by atoms with van der Waals surface area (Å²) >= 11 is 1.33. The van der Waals surface area contributed by atoms with Crippen LogP contribution in [0.3, 0.4) is 0 Å². The van der Waals surface area contributed by atoms with Crippen molar-refractivity contribution in [1.29, 1.82) is 5.26 Å². The molecule has 0 spiro atoms. The van der Waals surface area contributed by atoms with Crippen molar-refractivity contribution < 1.29 is 9.53 Å². The Labute approximate surface area is 202 Å². The zero-order valence-corrected chi connectivity index (χ0v) is 19.6. The van der Waals surface area contributed by atoms with Crippen LogP contribution in [0.2, 0.25) is 0 Å². The number of anilines is 1. The predicted octanol–water partition coefficient (Wildman–Crippen LogP) is 5.93.